The van der Waals surface area contributed by atoms with E-state index >= 15 is 0 Å². The van der Waals surface area contributed by atoms with Crippen molar-refractivity contribution >= 4 is 23.2 Å². The molecular weight excluding hydrogens is 308 g/mol. The fourth-order valence-corrected chi connectivity index (χ4v) is 4.72. The molecule has 2 nitrogen and oxygen atoms in total. The van der Waals surface area contributed by atoms with Gasteiger partial charge in [0.25, 0.3) is 0 Å². The van der Waals surface area contributed by atoms with Gasteiger partial charge in [0.15, 0.2) is 0 Å². The van der Waals surface area contributed by atoms with Crippen molar-refractivity contribution in [1.29, 1.82) is 0 Å². The van der Waals surface area contributed by atoms with Crippen LogP contribution in [0.4, 0.5) is 0 Å². The first-order chi connectivity index (χ1) is 11.1. The molecule has 0 radical (unpaired) electrons. The number of rotatable bonds is 8. The molecule has 3 heteroatoms. The summed E-state index contributed by atoms with van der Waals surface area (Å²) in [6, 6.07) is 0. The molecular formula is C20H33ClO2. The first-order valence-electron chi connectivity index (χ1n) is 9.75. The molecule has 0 aromatic carbocycles. The minimum Gasteiger partial charge on any atom is -0.299 e. The summed E-state index contributed by atoms with van der Waals surface area (Å²) in [5.74, 6) is 3.63. The van der Waals surface area contributed by atoms with Crippen LogP contribution in [0.15, 0.2) is 0 Å². The molecule has 0 aliphatic heterocycles. The maximum absolute atomic E-state index is 12.6. The van der Waals surface area contributed by atoms with Crippen LogP contribution in [0.2, 0.25) is 0 Å². The lowest BCUT2D eigenvalue weighted by atomic mass is 9.73. The first-order valence-corrected chi connectivity index (χ1v) is 10.3. The standard InChI is InChI=1S/C20H33ClO2/c1-2-19(22)17-11-7-16(8-12-17)14-20(23)18-9-5-15(6-10-18)4-3-13-21/h15-18H,2-14H2,1H3. The van der Waals surface area contributed by atoms with Crippen LogP contribution in [0.25, 0.3) is 0 Å². The van der Waals surface area contributed by atoms with Crippen molar-refractivity contribution in [2.75, 3.05) is 5.88 Å². The van der Waals surface area contributed by atoms with Crippen molar-refractivity contribution in [1.82, 2.24) is 0 Å². The van der Waals surface area contributed by atoms with E-state index in [2.05, 4.69) is 0 Å². The molecule has 2 aliphatic rings. The van der Waals surface area contributed by atoms with E-state index < -0.39 is 0 Å². The van der Waals surface area contributed by atoms with Crippen LogP contribution in [-0.2, 0) is 9.59 Å². The number of ketones is 2. The highest BCUT2D eigenvalue weighted by Gasteiger charge is 2.30. The quantitative estimate of drug-likeness (QED) is 0.542. The summed E-state index contributed by atoms with van der Waals surface area (Å²) in [4.78, 5) is 24.3. The number of alkyl halides is 1. The Balaban J connectivity index is 1.67. The van der Waals surface area contributed by atoms with Crippen molar-refractivity contribution in [2.45, 2.75) is 84.0 Å². The van der Waals surface area contributed by atoms with Crippen LogP contribution in [0.5, 0.6) is 0 Å². The molecule has 132 valence electrons. The van der Waals surface area contributed by atoms with Crippen LogP contribution >= 0.6 is 11.6 Å². The second-order valence-corrected chi connectivity index (χ2v) is 8.13. The Kier molecular flexibility index (Phi) is 8.09. The highest BCUT2D eigenvalue weighted by atomic mass is 35.5. The van der Waals surface area contributed by atoms with E-state index in [-0.39, 0.29) is 5.92 Å². The monoisotopic (exact) mass is 340 g/mol. The van der Waals surface area contributed by atoms with Gasteiger partial charge in [0.05, 0.1) is 0 Å². The Morgan fingerprint density at radius 3 is 1.87 bits per heavy atom. The summed E-state index contributed by atoms with van der Waals surface area (Å²) in [6.07, 6.45) is 12.6. The number of carbonyl (C=O) groups is 2. The van der Waals surface area contributed by atoms with E-state index in [0.29, 0.717) is 29.8 Å². The molecule has 2 fully saturated rings. The van der Waals surface area contributed by atoms with E-state index in [1.54, 1.807) is 0 Å². The average Bonchev–Trinajstić information content (AvgIpc) is 2.60. The molecule has 2 rings (SSSR count). The minimum atomic E-state index is 0.281. The summed E-state index contributed by atoms with van der Waals surface area (Å²) in [5, 5.41) is 0. The molecule has 0 unspecified atom stereocenters. The molecule has 0 heterocycles. The molecule has 2 aliphatic carbocycles. The van der Waals surface area contributed by atoms with Gasteiger partial charge in [-0.25, -0.2) is 0 Å². The zero-order chi connectivity index (χ0) is 16.7. The molecule has 23 heavy (non-hydrogen) atoms. The Morgan fingerprint density at radius 1 is 0.826 bits per heavy atom. The topological polar surface area (TPSA) is 34.1 Å². The third-order valence-electron chi connectivity index (χ3n) is 6.19. The molecule has 0 amide bonds. The molecule has 0 bridgehead atoms. The Bertz CT molecular complexity index is 377. The average molecular weight is 341 g/mol. The van der Waals surface area contributed by atoms with Crippen molar-refractivity contribution in [3.8, 4) is 0 Å². The second kappa shape index (κ2) is 9.81. The zero-order valence-corrected chi connectivity index (χ0v) is 15.5. The van der Waals surface area contributed by atoms with Crippen LogP contribution in [0.3, 0.4) is 0 Å². The van der Waals surface area contributed by atoms with Gasteiger partial charge in [-0.3, -0.25) is 9.59 Å². The number of halogens is 1. The SMILES string of the molecule is CCC(=O)C1CCC(CC(=O)C2CCC(CCCCl)CC2)CC1. The lowest BCUT2D eigenvalue weighted by molar-refractivity contribution is -0.125. The fourth-order valence-electron chi connectivity index (χ4n) is 4.57. The van der Waals surface area contributed by atoms with Crippen LogP contribution in [0.1, 0.15) is 84.0 Å². The molecule has 0 spiro atoms. The van der Waals surface area contributed by atoms with Crippen molar-refractivity contribution < 1.29 is 9.59 Å². The third kappa shape index (κ3) is 5.89. The summed E-state index contributed by atoms with van der Waals surface area (Å²) < 4.78 is 0. The predicted octanol–water partition coefficient (Wildman–Crippen LogP) is 5.56. The lowest BCUT2D eigenvalue weighted by Gasteiger charge is -2.31. The van der Waals surface area contributed by atoms with E-state index in [0.717, 1.165) is 63.2 Å². The molecule has 0 aromatic heterocycles. The maximum atomic E-state index is 12.6. The first kappa shape index (κ1) is 19.0. The second-order valence-electron chi connectivity index (χ2n) is 7.76. The van der Waals surface area contributed by atoms with Gasteiger partial charge in [0.2, 0.25) is 0 Å². The van der Waals surface area contributed by atoms with Gasteiger partial charge in [-0.1, -0.05) is 6.92 Å². The van der Waals surface area contributed by atoms with Crippen molar-refractivity contribution in [3.63, 3.8) is 0 Å². The van der Waals surface area contributed by atoms with Gasteiger partial charge < -0.3 is 0 Å². The molecule has 2 saturated carbocycles. The zero-order valence-electron chi connectivity index (χ0n) is 14.7. The molecule has 0 aromatic rings. The van der Waals surface area contributed by atoms with E-state index in [1.165, 1.54) is 19.3 Å². The lowest BCUT2D eigenvalue weighted by Crippen LogP contribution is -2.26. The van der Waals surface area contributed by atoms with E-state index in [1.807, 2.05) is 6.92 Å². The van der Waals surface area contributed by atoms with Gasteiger partial charge >= 0.3 is 0 Å². The predicted molar refractivity (Wildman–Crippen MR) is 95.8 cm³/mol. The van der Waals surface area contributed by atoms with E-state index in [4.69, 9.17) is 11.6 Å². The summed E-state index contributed by atoms with van der Waals surface area (Å²) in [6.45, 7) is 1.96. The number of carbonyl (C=O) groups excluding carboxylic acids is 2. The number of hydrogen-bond donors (Lipinski definition) is 0. The van der Waals surface area contributed by atoms with Crippen LogP contribution < -0.4 is 0 Å². The largest absolute Gasteiger partial charge is 0.299 e. The van der Waals surface area contributed by atoms with Gasteiger partial charge in [-0.15, -0.1) is 11.6 Å². The van der Waals surface area contributed by atoms with Gasteiger partial charge in [0.1, 0.15) is 11.6 Å². The number of hydrogen-bond acceptors (Lipinski definition) is 2. The fraction of sp³-hybridized carbons (Fsp3) is 0.900. The third-order valence-corrected chi connectivity index (χ3v) is 6.46. The molecule has 0 atom stereocenters. The Hall–Kier alpha value is -0.370. The smallest absolute Gasteiger partial charge is 0.136 e. The van der Waals surface area contributed by atoms with Crippen LogP contribution in [-0.4, -0.2) is 17.4 Å². The molecule has 0 saturated heterocycles. The highest BCUT2D eigenvalue weighted by Crippen LogP contribution is 2.36. The van der Waals surface area contributed by atoms with E-state index in [9.17, 15) is 9.59 Å². The maximum Gasteiger partial charge on any atom is 0.136 e. The Morgan fingerprint density at radius 2 is 1.35 bits per heavy atom. The van der Waals surface area contributed by atoms with Gasteiger partial charge in [-0.2, -0.15) is 0 Å². The normalized spacial score (nSPS) is 31.7. The van der Waals surface area contributed by atoms with Crippen molar-refractivity contribution in [2.24, 2.45) is 23.7 Å². The number of Topliss-reactive ketones (excluding diaryl/α,β-unsaturated/α-hetero) is 2. The van der Waals surface area contributed by atoms with Gasteiger partial charge in [-0.05, 0) is 76.0 Å². The Labute approximate surface area is 146 Å². The van der Waals surface area contributed by atoms with Gasteiger partial charge in [0, 0.05) is 30.6 Å². The van der Waals surface area contributed by atoms with Crippen LogP contribution in [0, 0.1) is 23.7 Å². The molecule has 0 N–H and O–H groups in total. The summed E-state index contributed by atoms with van der Waals surface area (Å²) >= 11 is 5.77. The minimum absolute atomic E-state index is 0.281. The van der Waals surface area contributed by atoms with Crippen molar-refractivity contribution in [3.05, 3.63) is 0 Å². The summed E-state index contributed by atoms with van der Waals surface area (Å²) in [5.41, 5.74) is 0. The highest BCUT2D eigenvalue weighted by molar-refractivity contribution is 6.17. The summed E-state index contributed by atoms with van der Waals surface area (Å²) in [7, 11) is 0.